The van der Waals surface area contributed by atoms with Gasteiger partial charge < -0.3 is 4.90 Å². The molecule has 0 aliphatic heterocycles. The Morgan fingerprint density at radius 3 is 2.24 bits per heavy atom. The largest absolute Gasteiger partial charge is 0.331 e. The lowest BCUT2D eigenvalue weighted by atomic mass is 10.0. The number of nitrogens with zero attached hydrogens (tertiary/aromatic N) is 2. The van der Waals surface area contributed by atoms with Crippen LogP contribution in [0.2, 0.25) is 5.02 Å². The van der Waals surface area contributed by atoms with Crippen LogP contribution in [-0.4, -0.2) is 43.7 Å². The van der Waals surface area contributed by atoms with Gasteiger partial charge in [-0.05, 0) is 48.1 Å². The quantitative estimate of drug-likeness (QED) is 0.643. The van der Waals surface area contributed by atoms with Gasteiger partial charge in [0.15, 0.2) is 0 Å². The number of carbonyl (C=O) groups is 1. The summed E-state index contributed by atoms with van der Waals surface area (Å²) in [5, 5.41) is 0.258. The highest BCUT2D eigenvalue weighted by Crippen LogP contribution is 2.32. The van der Waals surface area contributed by atoms with Crippen molar-refractivity contribution in [2.45, 2.75) is 50.1 Å². The predicted octanol–water partition coefficient (Wildman–Crippen LogP) is 4.52. The Balaban J connectivity index is 1.90. The first kappa shape index (κ1) is 21.8. The molecule has 1 fully saturated rings. The number of sulfonamides is 1. The number of rotatable bonds is 7. The highest BCUT2D eigenvalue weighted by molar-refractivity contribution is 7.89. The summed E-state index contributed by atoms with van der Waals surface area (Å²) >= 11 is 6.29. The van der Waals surface area contributed by atoms with Crippen LogP contribution in [-0.2, 0) is 16.6 Å². The Labute approximate surface area is 178 Å². The van der Waals surface area contributed by atoms with E-state index in [4.69, 9.17) is 11.6 Å². The molecule has 3 rings (SSSR count). The van der Waals surface area contributed by atoms with Gasteiger partial charge in [-0.25, -0.2) is 12.7 Å². The highest BCUT2D eigenvalue weighted by atomic mass is 35.5. The van der Waals surface area contributed by atoms with E-state index < -0.39 is 10.0 Å². The second-order valence-corrected chi connectivity index (χ2v) is 10.5. The molecule has 7 heteroatoms. The van der Waals surface area contributed by atoms with Crippen molar-refractivity contribution >= 4 is 27.5 Å². The third-order valence-corrected chi connectivity index (χ3v) is 7.34. The standard InChI is InChI=1S/C22H27ClN2O3S/c1-15(2)17-7-5-16(6-8-17)14-25(18-9-10-18)22(26)20-13-19(11-12-21(20)23)29(27,28)24(3)4/h5-8,11-13,15,18H,9-10,14H2,1-4H3. The van der Waals surface area contributed by atoms with E-state index in [1.54, 1.807) is 4.90 Å². The number of carbonyl (C=O) groups excluding carboxylic acids is 1. The second kappa shape index (κ2) is 8.46. The van der Waals surface area contributed by atoms with Crippen molar-refractivity contribution in [3.05, 3.63) is 64.2 Å². The van der Waals surface area contributed by atoms with Gasteiger partial charge in [-0.15, -0.1) is 0 Å². The molecule has 0 atom stereocenters. The second-order valence-electron chi connectivity index (χ2n) is 7.99. The molecule has 2 aromatic rings. The van der Waals surface area contributed by atoms with Gasteiger partial charge in [0.2, 0.25) is 10.0 Å². The Hall–Kier alpha value is -1.89. The number of halogens is 1. The van der Waals surface area contributed by atoms with Crippen molar-refractivity contribution in [1.29, 1.82) is 0 Å². The van der Waals surface area contributed by atoms with Crippen molar-refractivity contribution in [2.75, 3.05) is 14.1 Å². The van der Waals surface area contributed by atoms with Crippen LogP contribution in [0.4, 0.5) is 0 Å². The van der Waals surface area contributed by atoms with E-state index in [0.29, 0.717) is 12.5 Å². The molecule has 0 saturated heterocycles. The average Bonchev–Trinajstić information content (AvgIpc) is 3.51. The molecular weight excluding hydrogens is 408 g/mol. The van der Waals surface area contributed by atoms with Gasteiger partial charge in [0, 0.05) is 26.7 Å². The van der Waals surface area contributed by atoms with Crippen LogP contribution < -0.4 is 0 Å². The van der Waals surface area contributed by atoms with Crippen LogP contribution in [0.25, 0.3) is 0 Å². The van der Waals surface area contributed by atoms with Gasteiger partial charge in [0.25, 0.3) is 5.91 Å². The zero-order valence-corrected chi connectivity index (χ0v) is 18.8. The minimum atomic E-state index is -3.65. The van der Waals surface area contributed by atoms with Crippen molar-refractivity contribution < 1.29 is 13.2 Å². The van der Waals surface area contributed by atoms with Crippen molar-refractivity contribution in [1.82, 2.24) is 9.21 Å². The van der Waals surface area contributed by atoms with Crippen LogP contribution >= 0.6 is 11.6 Å². The van der Waals surface area contributed by atoms with Gasteiger partial charge >= 0.3 is 0 Å². The smallest absolute Gasteiger partial charge is 0.255 e. The summed E-state index contributed by atoms with van der Waals surface area (Å²) in [7, 11) is -0.726. The fourth-order valence-corrected chi connectivity index (χ4v) is 4.28. The summed E-state index contributed by atoms with van der Waals surface area (Å²) in [5.74, 6) is 0.214. The summed E-state index contributed by atoms with van der Waals surface area (Å²) in [6, 6.07) is 12.7. The van der Waals surface area contributed by atoms with Gasteiger partial charge in [-0.3, -0.25) is 4.79 Å². The zero-order chi connectivity index (χ0) is 21.3. The van der Waals surface area contributed by atoms with E-state index in [-0.39, 0.29) is 27.4 Å². The summed E-state index contributed by atoms with van der Waals surface area (Å²) in [6.45, 7) is 4.76. The maximum Gasteiger partial charge on any atom is 0.255 e. The summed E-state index contributed by atoms with van der Waals surface area (Å²) in [4.78, 5) is 15.2. The lowest BCUT2D eigenvalue weighted by molar-refractivity contribution is 0.0730. The molecule has 2 aromatic carbocycles. The molecule has 0 aromatic heterocycles. The number of amides is 1. The predicted molar refractivity (Wildman–Crippen MR) is 116 cm³/mol. The molecule has 0 N–H and O–H groups in total. The molecular formula is C22H27ClN2O3S. The Morgan fingerprint density at radius 1 is 1.10 bits per heavy atom. The first-order chi connectivity index (χ1) is 13.6. The molecule has 1 amide bonds. The monoisotopic (exact) mass is 434 g/mol. The molecule has 1 aliphatic rings. The maximum atomic E-state index is 13.3. The van der Waals surface area contributed by atoms with E-state index >= 15 is 0 Å². The fourth-order valence-electron chi connectivity index (χ4n) is 3.15. The fraction of sp³-hybridized carbons (Fsp3) is 0.409. The normalized spacial score (nSPS) is 14.4. The lowest BCUT2D eigenvalue weighted by Gasteiger charge is -2.24. The lowest BCUT2D eigenvalue weighted by Crippen LogP contribution is -2.33. The topological polar surface area (TPSA) is 57.7 Å². The molecule has 1 aliphatic carbocycles. The van der Waals surface area contributed by atoms with E-state index in [2.05, 4.69) is 26.0 Å². The summed E-state index contributed by atoms with van der Waals surface area (Å²) in [5.41, 5.74) is 2.52. The maximum absolute atomic E-state index is 13.3. The van der Waals surface area contributed by atoms with Crippen molar-refractivity contribution in [2.24, 2.45) is 0 Å². The van der Waals surface area contributed by atoms with Gasteiger partial charge in [0.1, 0.15) is 0 Å². The van der Waals surface area contributed by atoms with Crippen LogP contribution in [0.3, 0.4) is 0 Å². The minimum Gasteiger partial charge on any atom is -0.331 e. The third kappa shape index (κ3) is 4.82. The first-order valence-corrected chi connectivity index (χ1v) is 11.5. The molecule has 0 radical (unpaired) electrons. The molecule has 0 bridgehead atoms. The Kier molecular flexibility index (Phi) is 6.36. The molecule has 5 nitrogen and oxygen atoms in total. The van der Waals surface area contributed by atoms with Crippen molar-refractivity contribution in [3.63, 3.8) is 0 Å². The van der Waals surface area contributed by atoms with Gasteiger partial charge in [0.05, 0.1) is 15.5 Å². The zero-order valence-electron chi connectivity index (χ0n) is 17.2. The van der Waals surface area contributed by atoms with Crippen LogP contribution in [0.1, 0.15) is 54.1 Å². The third-order valence-electron chi connectivity index (χ3n) is 5.19. The first-order valence-electron chi connectivity index (χ1n) is 9.73. The van der Waals surface area contributed by atoms with Crippen molar-refractivity contribution in [3.8, 4) is 0 Å². The van der Waals surface area contributed by atoms with E-state index in [1.807, 2.05) is 12.1 Å². The van der Waals surface area contributed by atoms with Gasteiger partial charge in [-0.2, -0.15) is 0 Å². The summed E-state index contributed by atoms with van der Waals surface area (Å²) in [6.07, 6.45) is 1.90. The van der Waals surface area contributed by atoms with Crippen LogP contribution in [0.5, 0.6) is 0 Å². The number of hydrogen-bond donors (Lipinski definition) is 0. The molecule has 0 heterocycles. The molecule has 156 valence electrons. The number of hydrogen-bond acceptors (Lipinski definition) is 3. The molecule has 0 spiro atoms. The Bertz CT molecular complexity index is 997. The molecule has 1 saturated carbocycles. The summed E-state index contributed by atoms with van der Waals surface area (Å²) < 4.78 is 26.1. The number of benzene rings is 2. The minimum absolute atomic E-state index is 0.0623. The SMILES string of the molecule is CC(C)c1ccc(CN(C(=O)c2cc(S(=O)(=O)N(C)C)ccc2Cl)C2CC2)cc1. The van der Waals surface area contributed by atoms with E-state index in [0.717, 1.165) is 22.7 Å². The highest BCUT2D eigenvalue weighted by Gasteiger charge is 2.34. The van der Waals surface area contributed by atoms with E-state index in [1.165, 1.54) is 37.9 Å². The average molecular weight is 435 g/mol. The molecule has 29 heavy (non-hydrogen) atoms. The van der Waals surface area contributed by atoms with Crippen LogP contribution in [0.15, 0.2) is 47.4 Å². The van der Waals surface area contributed by atoms with Gasteiger partial charge in [-0.1, -0.05) is 49.7 Å². The molecule has 0 unspecified atom stereocenters. The Morgan fingerprint density at radius 2 is 1.72 bits per heavy atom. The van der Waals surface area contributed by atoms with E-state index in [9.17, 15) is 13.2 Å². The van der Waals surface area contributed by atoms with Crippen LogP contribution in [0, 0.1) is 0 Å².